The standard InChI is InChI=1S/C12H10F2N2O2S/c13-11-7(15)3-1-5-9(11)19(17,18)10-6-2-4-8(16)12(10)14/h1-6H,15-16H2. The van der Waals surface area contributed by atoms with Crippen LogP contribution in [0.3, 0.4) is 0 Å². The topological polar surface area (TPSA) is 86.2 Å². The molecule has 4 N–H and O–H groups in total. The summed E-state index contributed by atoms with van der Waals surface area (Å²) < 4.78 is 51.9. The van der Waals surface area contributed by atoms with Crippen molar-refractivity contribution in [2.45, 2.75) is 9.79 Å². The first-order valence-electron chi connectivity index (χ1n) is 5.18. The predicted molar refractivity (Wildman–Crippen MR) is 67.1 cm³/mol. The molecular formula is C12H10F2N2O2S. The van der Waals surface area contributed by atoms with Gasteiger partial charge in [0, 0.05) is 0 Å². The van der Waals surface area contributed by atoms with Crippen LogP contribution in [0.4, 0.5) is 20.2 Å². The predicted octanol–water partition coefficient (Wildman–Crippen LogP) is 1.96. The van der Waals surface area contributed by atoms with E-state index in [4.69, 9.17) is 11.5 Å². The molecule has 2 aromatic carbocycles. The average molecular weight is 284 g/mol. The zero-order chi connectivity index (χ0) is 14.2. The van der Waals surface area contributed by atoms with E-state index in [1.807, 2.05) is 0 Å². The van der Waals surface area contributed by atoms with Crippen LogP contribution >= 0.6 is 0 Å². The van der Waals surface area contributed by atoms with E-state index in [2.05, 4.69) is 0 Å². The summed E-state index contributed by atoms with van der Waals surface area (Å²) in [4.78, 5) is -1.37. The van der Waals surface area contributed by atoms with Crippen LogP contribution in [0.15, 0.2) is 46.2 Å². The van der Waals surface area contributed by atoms with Gasteiger partial charge in [-0.3, -0.25) is 0 Å². The number of hydrogen-bond donors (Lipinski definition) is 2. The Bertz CT molecular complexity index is 688. The maximum atomic E-state index is 13.8. The first kappa shape index (κ1) is 13.3. The number of nitrogens with two attached hydrogens (primary N) is 2. The fraction of sp³-hybridized carbons (Fsp3) is 0. The van der Waals surface area contributed by atoms with Crippen molar-refractivity contribution in [1.82, 2.24) is 0 Å². The largest absolute Gasteiger partial charge is 0.396 e. The fourth-order valence-corrected chi connectivity index (χ4v) is 3.05. The van der Waals surface area contributed by atoms with Crippen molar-refractivity contribution in [2.24, 2.45) is 0 Å². The van der Waals surface area contributed by atoms with Gasteiger partial charge in [0.25, 0.3) is 0 Å². The zero-order valence-corrected chi connectivity index (χ0v) is 10.4. The highest BCUT2D eigenvalue weighted by Gasteiger charge is 2.26. The van der Waals surface area contributed by atoms with Crippen molar-refractivity contribution in [3.63, 3.8) is 0 Å². The summed E-state index contributed by atoms with van der Waals surface area (Å²) in [5.74, 6) is -2.21. The van der Waals surface area contributed by atoms with Crippen LogP contribution in [0.25, 0.3) is 0 Å². The molecule has 0 unspecified atom stereocenters. The molecule has 0 spiro atoms. The van der Waals surface area contributed by atoms with E-state index in [9.17, 15) is 17.2 Å². The highest BCUT2D eigenvalue weighted by Crippen LogP contribution is 2.29. The molecule has 0 radical (unpaired) electrons. The van der Waals surface area contributed by atoms with Crippen molar-refractivity contribution in [2.75, 3.05) is 11.5 Å². The monoisotopic (exact) mass is 284 g/mol. The Labute approximate surface area is 108 Å². The summed E-state index contributed by atoms with van der Waals surface area (Å²) in [6.07, 6.45) is 0. The van der Waals surface area contributed by atoms with Crippen molar-refractivity contribution in [3.8, 4) is 0 Å². The Morgan fingerprint density at radius 2 is 1.16 bits per heavy atom. The van der Waals surface area contributed by atoms with Gasteiger partial charge in [-0.15, -0.1) is 0 Å². The molecule has 0 fully saturated rings. The lowest BCUT2D eigenvalue weighted by atomic mass is 10.3. The van der Waals surface area contributed by atoms with E-state index in [0.717, 1.165) is 12.1 Å². The van der Waals surface area contributed by atoms with Gasteiger partial charge in [0.15, 0.2) is 11.6 Å². The smallest absolute Gasteiger partial charge is 0.212 e. The molecule has 0 atom stereocenters. The van der Waals surface area contributed by atoms with Gasteiger partial charge in [0.2, 0.25) is 9.84 Å². The lowest BCUT2D eigenvalue weighted by molar-refractivity contribution is 0.554. The summed E-state index contributed by atoms with van der Waals surface area (Å²) in [5.41, 5.74) is 9.95. The minimum absolute atomic E-state index is 0.328. The van der Waals surface area contributed by atoms with Crippen LogP contribution in [0.5, 0.6) is 0 Å². The number of halogens is 2. The van der Waals surface area contributed by atoms with Gasteiger partial charge in [-0.25, -0.2) is 17.2 Å². The molecule has 0 heterocycles. The quantitative estimate of drug-likeness (QED) is 0.825. The maximum Gasteiger partial charge on any atom is 0.212 e. The van der Waals surface area contributed by atoms with Crippen molar-refractivity contribution in [1.29, 1.82) is 0 Å². The van der Waals surface area contributed by atoms with Crippen LogP contribution in [0.2, 0.25) is 0 Å². The van der Waals surface area contributed by atoms with Crippen molar-refractivity contribution >= 4 is 21.2 Å². The van der Waals surface area contributed by atoms with Gasteiger partial charge in [-0.05, 0) is 24.3 Å². The second kappa shape index (κ2) is 4.51. The van der Waals surface area contributed by atoms with Gasteiger partial charge in [0.05, 0.1) is 11.4 Å². The Kier molecular flexibility index (Phi) is 3.15. The van der Waals surface area contributed by atoms with Gasteiger partial charge in [-0.1, -0.05) is 12.1 Å². The third-order valence-corrected chi connectivity index (χ3v) is 4.35. The summed E-state index contributed by atoms with van der Waals surface area (Å²) in [7, 11) is -4.36. The molecule has 0 saturated carbocycles. The highest BCUT2D eigenvalue weighted by atomic mass is 32.2. The molecule has 0 aromatic heterocycles. The van der Waals surface area contributed by atoms with Crippen LogP contribution < -0.4 is 11.5 Å². The lowest BCUT2D eigenvalue weighted by Crippen LogP contribution is -2.09. The van der Waals surface area contributed by atoms with Crippen LogP contribution in [0.1, 0.15) is 0 Å². The second-order valence-electron chi connectivity index (χ2n) is 3.82. The molecule has 2 aromatic rings. The van der Waals surface area contributed by atoms with Gasteiger partial charge in [0.1, 0.15) is 9.79 Å². The van der Waals surface area contributed by atoms with E-state index >= 15 is 0 Å². The van der Waals surface area contributed by atoms with E-state index in [1.165, 1.54) is 24.3 Å². The van der Waals surface area contributed by atoms with E-state index in [-0.39, 0.29) is 11.4 Å². The average Bonchev–Trinajstić information content (AvgIpc) is 2.35. The van der Waals surface area contributed by atoms with Crippen molar-refractivity contribution < 1.29 is 17.2 Å². The molecule has 7 heteroatoms. The number of sulfone groups is 1. The number of nitrogen functional groups attached to an aromatic ring is 2. The summed E-state index contributed by atoms with van der Waals surface area (Å²) >= 11 is 0. The van der Waals surface area contributed by atoms with E-state index in [0.29, 0.717) is 0 Å². The Balaban J connectivity index is 2.73. The van der Waals surface area contributed by atoms with Gasteiger partial charge >= 0.3 is 0 Å². The first-order valence-corrected chi connectivity index (χ1v) is 6.67. The first-order chi connectivity index (χ1) is 8.85. The molecule has 100 valence electrons. The summed E-state index contributed by atoms with van der Waals surface area (Å²) in [6.45, 7) is 0. The van der Waals surface area contributed by atoms with Crippen LogP contribution in [-0.4, -0.2) is 8.42 Å². The molecule has 0 aliphatic heterocycles. The molecule has 0 bridgehead atoms. The minimum atomic E-state index is -4.36. The number of hydrogen-bond acceptors (Lipinski definition) is 4. The third-order valence-electron chi connectivity index (χ3n) is 2.57. The normalized spacial score (nSPS) is 11.5. The Morgan fingerprint density at radius 3 is 1.53 bits per heavy atom. The Morgan fingerprint density at radius 1 is 0.789 bits per heavy atom. The molecule has 0 saturated heterocycles. The van der Waals surface area contributed by atoms with Gasteiger partial charge in [-0.2, -0.15) is 0 Å². The number of benzene rings is 2. The van der Waals surface area contributed by atoms with Crippen molar-refractivity contribution in [3.05, 3.63) is 48.0 Å². The fourth-order valence-electron chi connectivity index (χ4n) is 1.59. The van der Waals surface area contributed by atoms with Crippen LogP contribution in [-0.2, 0) is 9.84 Å². The minimum Gasteiger partial charge on any atom is -0.396 e. The van der Waals surface area contributed by atoms with E-state index in [1.54, 1.807) is 0 Å². The molecular weight excluding hydrogens is 274 g/mol. The molecule has 19 heavy (non-hydrogen) atoms. The molecule has 0 aliphatic carbocycles. The highest BCUT2D eigenvalue weighted by molar-refractivity contribution is 7.91. The van der Waals surface area contributed by atoms with Gasteiger partial charge < -0.3 is 11.5 Å². The maximum absolute atomic E-state index is 13.8. The molecule has 0 amide bonds. The lowest BCUT2D eigenvalue weighted by Gasteiger charge is -2.09. The third kappa shape index (κ3) is 2.12. The Hall–Kier alpha value is -2.15. The summed E-state index contributed by atoms with van der Waals surface area (Å²) in [5, 5.41) is 0. The van der Waals surface area contributed by atoms with E-state index < -0.39 is 31.3 Å². The number of rotatable bonds is 2. The molecule has 2 rings (SSSR count). The SMILES string of the molecule is Nc1cccc(S(=O)(=O)c2cccc(N)c2F)c1F. The molecule has 4 nitrogen and oxygen atoms in total. The number of anilines is 2. The zero-order valence-electron chi connectivity index (χ0n) is 9.60. The van der Waals surface area contributed by atoms with Crippen LogP contribution in [0, 0.1) is 11.6 Å². The summed E-state index contributed by atoms with van der Waals surface area (Å²) in [6, 6.07) is 7.01. The molecule has 0 aliphatic rings. The second-order valence-corrected chi connectivity index (χ2v) is 5.71.